The van der Waals surface area contributed by atoms with Crippen LogP contribution in [0.25, 0.3) is 0 Å². The van der Waals surface area contributed by atoms with Gasteiger partial charge in [-0.15, -0.1) is 0 Å². The molecule has 114 valence electrons. The van der Waals surface area contributed by atoms with E-state index in [1.807, 2.05) is 27.7 Å². The van der Waals surface area contributed by atoms with E-state index in [9.17, 15) is 9.59 Å². The minimum absolute atomic E-state index is 0.231. The lowest BCUT2D eigenvalue weighted by atomic mass is 10.2. The number of hydrogen-bond donors (Lipinski definition) is 2. The number of ether oxygens (including phenoxy) is 1. The molecule has 6 heteroatoms. The zero-order valence-electron chi connectivity index (χ0n) is 12.5. The average molecular weight is 284 g/mol. The number of amides is 1. The van der Waals surface area contributed by atoms with E-state index in [0.717, 1.165) is 0 Å². The molecule has 2 N–H and O–H groups in total. The van der Waals surface area contributed by atoms with Crippen LogP contribution in [0, 0.1) is 11.8 Å². The van der Waals surface area contributed by atoms with Crippen molar-refractivity contribution in [2.45, 2.75) is 51.8 Å². The number of carbonyl (C=O) groups excluding carboxylic acids is 1. The molecule has 1 aliphatic heterocycles. The van der Waals surface area contributed by atoms with Crippen LogP contribution in [0.3, 0.4) is 0 Å². The topological polar surface area (TPSA) is 78.9 Å². The van der Waals surface area contributed by atoms with Gasteiger partial charge in [0.1, 0.15) is 11.6 Å². The summed E-state index contributed by atoms with van der Waals surface area (Å²) in [5, 5.41) is 12.2. The summed E-state index contributed by atoms with van der Waals surface area (Å²) in [6.45, 7) is 8.73. The molecule has 3 unspecified atom stereocenters. The van der Waals surface area contributed by atoms with Gasteiger partial charge in [0.05, 0.1) is 0 Å². The molecule has 0 bridgehead atoms. The predicted octanol–water partition coefficient (Wildman–Crippen LogP) is 1.30. The second kappa shape index (κ2) is 5.24. The molecule has 1 heterocycles. The van der Waals surface area contributed by atoms with Crippen molar-refractivity contribution >= 4 is 12.1 Å². The van der Waals surface area contributed by atoms with Crippen molar-refractivity contribution in [3.63, 3.8) is 0 Å². The molecular formula is C14H24N2O4. The molecule has 0 aromatic heterocycles. The molecule has 0 aromatic rings. The monoisotopic (exact) mass is 284 g/mol. The van der Waals surface area contributed by atoms with Crippen LogP contribution in [0.2, 0.25) is 0 Å². The van der Waals surface area contributed by atoms with Gasteiger partial charge in [0.25, 0.3) is 0 Å². The van der Waals surface area contributed by atoms with Gasteiger partial charge < -0.3 is 20.1 Å². The Morgan fingerprint density at radius 3 is 2.30 bits per heavy atom. The Balaban J connectivity index is 1.79. The second-order valence-electron chi connectivity index (χ2n) is 6.70. The number of carbonyl (C=O) groups is 2. The summed E-state index contributed by atoms with van der Waals surface area (Å²) in [4.78, 5) is 24.6. The van der Waals surface area contributed by atoms with Crippen LogP contribution < -0.4 is 5.32 Å². The molecule has 2 aliphatic rings. The summed E-state index contributed by atoms with van der Waals surface area (Å²) in [5.74, 6) is -0.0618. The van der Waals surface area contributed by atoms with Crippen LogP contribution in [0.15, 0.2) is 0 Å². The van der Waals surface area contributed by atoms with Crippen LogP contribution in [-0.4, -0.2) is 52.8 Å². The summed E-state index contributed by atoms with van der Waals surface area (Å²) in [7, 11) is 0. The van der Waals surface area contributed by atoms with Crippen LogP contribution in [0.1, 0.15) is 34.1 Å². The number of carboxylic acid groups (broad SMARTS) is 1. The highest BCUT2D eigenvalue weighted by atomic mass is 16.6. The Kier molecular flexibility index (Phi) is 3.95. The number of hydrogen-bond acceptors (Lipinski definition) is 4. The number of nitrogens with one attached hydrogen (secondary N) is 1. The molecule has 2 fully saturated rings. The molecule has 3 atom stereocenters. The summed E-state index contributed by atoms with van der Waals surface area (Å²) in [5.41, 5.74) is -0.474. The Hall–Kier alpha value is -1.30. The van der Waals surface area contributed by atoms with Crippen molar-refractivity contribution in [3.8, 4) is 0 Å². The normalized spacial score (nSPS) is 29.8. The van der Waals surface area contributed by atoms with E-state index >= 15 is 0 Å². The maximum Gasteiger partial charge on any atom is 0.410 e. The molecule has 2 rings (SSSR count). The summed E-state index contributed by atoms with van der Waals surface area (Å²) in [6.07, 6.45) is 0.301. The van der Waals surface area contributed by atoms with Crippen molar-refractivity contribution in [3.05, 3.63) is 0 Å². The van der Waals surface area contributed by atoms with Gasteiger partial charge in [-0.1, -0.05) is 6.92 Å². The number of piperidine rings is 1. The first-order valence-corrected chi connectivity index (χ1v) is 7.19. The third kappa shape index (κ3) is 3.23. The molecule has 1 saturated carbocycles. The number of carboxylic acids is 1. The third-order valence-electron chi connectivity index (χ3n) is 3.95. The zero-order chi connectivity index (χ0) is 15.1. The quantitative estimate of drug-likeness (QED) is 0.813. The molecule has 1 aliphatic carbocycles. The van der Waals surface area contributed by atoms with Crippen LogP contribution in [0.5, 0.6) is 0 Å². The number of fused-ring (bicyclic) bond motifs is 1. The van der Waals surface area contributed by atoms with Crippen LogP contribution in [0.4, 0.5) is 4.79 Å². The summed E-state index contributed by atoms with van der Waals surface area (Å²) >= 11 is 0. The van der Waals surface area contributed by atoms with E-state index in [1.165, 1.54) is 0 Å². The Bertz CT molecular complexity index is 392. The van der Waals surface area contributed by atoms with Gasteiger partial charge in [0.2, 0.25) is 0 Å². The van der Waals surface area contributed by atoms with E-state index in [0.29, 0.717) is 31.3 Å². The summed E-state index contributed by atoms with van der Waals surface area (Å²) < 4.78 is 5.34. The summed E-state index contributed by atoms with van der Waals surface area (Å²) in [6, 6.07) is -0.254. The van der Waals surface area contributed by atoms with E-state index in [1.54, 1.807) is 4.90 Å². The van der Waals surface area contributed by atoms with Gasteiger partial charge >= 0.3 is 12.1 Å². The molecule has 1 saturated heterocycles. The molecule has 1 amide bonds. The maximum atomic E-state index is 11.9. The average Bonchev–Trinajstić information content (AvgIpc) is 2.76. The van der Waals surface area contributed by atoms with Gasteiger partial charge in [-0.3, -0.25) is 4.79 Å². The Morgan fingerprint density at radius 2 is 1.90 bits per heavy atom. The first kappa shape index (κ1) is 15.1. The van der Waals surface area contributed by atoms with Crippen LogP contribution >= 0.6 is 0 Å². The van der Waals surface area contributed by atoms with Crippen molar-refractivity contribution < 1.29 is 19.4 Å². The van der Waals surface area contributed by atoms with Gasteiger partial charge in [-0.25, -0.2) is 4.79 Å². The van der Waals surface area contributed by atoms with Crippen molar-refractivity contribution in [1.82, 2.24) is 10.2 Å². The van der Waals surface area contributed by atoms with E-state index < -0.39 is 17.6 Å². The lowest BCUT2D eigenvalue weighted by Crippen LogP contribution is -2.43. The van der Waals surface area contributed by atoms with E-state index in [2.05, 4.69) is 5.32 Å². The molecule has 20 heavy (non-hydrogen) atoms. The first-order valence-electron chi connectivity index (χ1n) is 7.19. The Labute approximate surface area is 119 Å². The lowest BCUT2D eigenvalue weighted by Gasteiger charge is -2.26. The largest absolute Gasteiger partial charge is 0.480 e. The van der Waals surface area contributed by atoms with Crippen molar-refractivity contribution in [2.75, 3.05) is 13.1 Å². The number of rotatable bonds is 4. The Morgan fingerprint density at radius 1 is 1.35 bits per heavy atom. The van der Waals surface area contributed by atoms with Gasteiger partial charge in [-0.2, -0.15) is 0 Å². The third-order valence-corrected chi connectivity index (χ3v) is 3.95. The molecule has 0 aromatic carbocycles. The highest BCUT2D eigenvalue weighted by molar-refractivity contribution is 5.73. The second-order valence-corrected chi connectivity index (χ2v) is 6.70. The first-order chi connectivity index (χ1) is 9.23. The highest BCUT2D eigenvalue weighted by Crippen LogP contribution is 2.46. The smallest absolute Gasteiger partial charge is 0.410 e. The van der Waals surface area contributed by atoms with Crippen LogP contribution in [-0.2, 0) is 9.53 Å². The molecular weight excluding hydrogens is 260 g/mol. The predicted molar refractivity (Wildman–Crippen MR) is 73.4 cm³/mol. The fraction of sp³-hybridized carbons (Fsp3) is 0.857. The minimum atomic E-state index is -0.804. The van der Waals surface area contributed by atoms with Gasteiger partial charge in [0.15, 0.2) is 0 Å². The molecule has 0 radical (unpaired) electrons. The van der Waals surface area contributed by atoms with Gasteiger partial charge in [-0.05, 0) is 39.0 Å². The SMILES string of the molecule is CCC(NC1C2CN(C(=O)OC(C)(C)C)CC21)C(=O)O. The highest BCUT2D eigenvalue weighted by Gasteiger charge is 2.57. The fourth-order valence-corrected chi connectivity index (χ4v) is 2.85. The molecule has 0 spiro atoms. The molecule has 6 nitrogen and oxygen atoms in total. The van der Waals surface area contributed by atoms with E-state index in [-0.39, 0.29) is 12.1 Å². The van der Waals surface area contributed by atoms with E-state index in [4.69, 9.17) is 9.84 Å². The standard InChI is InChI=1S/C14H24N2O4/c1-5-10(12(17)18)15-11-8-6-16(7-9(8)11)13(19)20-14(2,3)4/h8-11,15H,5-7H2,1-4H3,(H,17,18). The minimum Gasteiger partial charge on any atom is -0.480 e. The van der Waals surface area contributed by atoms with Crippen molar-refractivity contribution in [1.29, 1.82) is 0 Å². The number of aliphatic carboxylic acids is 1. The number of nitrogens with zero attached hydrogens (tertiary/aromatic N) is 1. The fourth-order valence-electron chi connectivity index (χ4n) is 2.85. The van der Waals surface area contributed by atoms with Gasteiger partial charge in [0, 0.05) is 19.1 Å². The zero-order valence-corrected chi connectivity index (χ0v) is 12.5. The lowest BCUT2D eigenvalue weighted by molar-refractivity contribution is -0.139. The number of likely N-dealkylation sites (tertiary alicyclic amines) is 1. The maximum absolute atomic E-state index is 11.9. The van der Waals surface area contributed by atoms with Crippen molar-refractivity contribution in [2.24, 2.45) is 11.8 Å².